The van der Waals surface area contributed by atoms with Crippen LogP contribution in [0.2, 0.25) is 0 Å². The lowest BCUT2D eigenvalue weighted by molar-refractivity contribution is 0.0375. The maximum Gasteiger partial charge on any atom is 0.251 e. The number of phenols is 1. The van der Waals surface area contributed by atoms with E-state index in [1.165, 1.54) is 12.1 Å². The minimum Gasteiger partial charge on any atom is -0.506 e. The molecule has 1 aliphatic heterocycles. The van der Waals surface area contributed by atoms with Gasteiger partial charge in [0.2, 0.25) is 0 Å². The number of hydrogen-bond donors (Lipinski definition) is 3. The summed E-state index contributed by atoms with van der Waals surface area (Å²) in [5.74, 6) is 0.0387. The van der Waals surface area contributed by atoms with Gasteiger partial charge in [0.1, 0.15) is 5.75 Å². The van der Waals surface area contributed by atoms with Crippen molar-refractivity contribution in [1.82, 2.24) is 5.32 Å². The molecule has 1 aromatic carbocycles. The number of benzene rings is 1. The normalized spacial score (nSPS) is 23.6. The van der Waals surface area contributed by atoms with Gasteiger partial charge in [-0.3, -0.25) is 4.79 Å². The van der Waals surface area contributed by atoms with E-state index in [2.05, 4.69) is 5.32 Å². The Labute approximate surface area is 106 Å². The first-order valence-electron chi connectivity index (χ1n) is 6.05. The van der Waals surface area contributed by atoms with Crippen molar-refractivity contribution in [2.75, 3.05) is 18.9 Å². The number of carbonyl (C=O) groups is 1. The van der Waals surface area contributed by atoms with E-state index >= 15 is 0 Å². The lowest BCUT2D eigenvalue weighted by atomic mass is 9.97. The number of nitrogens with two attached hydrogens (primary N) is 1. The number of aromatic hydroxyl groups is 1. The first-order valence-corrected chi connectivity index (χ1v) is 6.05. The molecule has 1 fully saturated rings. The van der Waals surface area contributed by atoms with Crippen LogP contribution in [0.5, 0.6) is 5.75 Å². The highest BCUT2D eigenvalue weighted by Crippen LogP contribution is 2.21. The summed E-state index contributed by atoms with van der Waals surface area (Å²) < 4.78 is 5.33. The third-order valence-electron chi connectivity index (χ3n) is 3.25. The van der Waals surface area contributed by atoms with Crippen LogP contribution in [0.15, 0.2) is 18.2 Å². The number of phenolic OH excluding ortho intramolecular Hbond substituents is 1. The van der Waals surface area contributed by atoms with Gasteiger partial charge in [0.25, 0.3) is 5.91 Å². The van der Waals surface area contributed by atoms with E-state index in [0.29, 0.717) is 24.7 Å². The van der Waals surface area contributed by atoms with Gasteiger partial charge in [0.15, 0.2) is 0 Å². The Bertz CT molecular complexity index is 448. The number of nitrogen functional groups attached to an aromatic ring is 1. The lowest BCUT2D eigenvalue weighted by Gasteiger charge is -2.29. The van der Waals surface area contributed by atoms with Gasteiger partial charge in [-0.05, 0) is 30.5 Å². The summed E-state index contributed by atoms with van der Waals surface area (Å²) in [5, 5.41) is 12.4. The molecule has 2 rings (SSSR count). The minimum absolute atomic E-state index is 0.0670. The number of amides is 1. The molecule has 98 valence electrons. The Morgan fingerprint density at radius 2 is 2.33 bits per heavy atom. The number of hydrogen-bond acceptors (Lipinski definition) is 4. The fourth-order valence-electron chi connectivity index (χ4n) is 2.03. The average molecular weight is 250 g/mol. The van der Waals surface area contributed by atoms with Crippen LogP contribution < -0.4 is 11.1 Å². The van der Waals surface area contributed by atoms with Crippen molar-refractivity contribution in [3.8, 4) is 5.75 Å². The minimum atomic E-state index is -0.191. The Kier molecular flexibility index (Phi) is 3.72. The van der Waals surface area contributed by atoms with Crippen molar-refractivity contribution >= 4 is 11.6 Å². The van der Waals surface area contributed by atoms with Crippen LogP contribution in [-0.2, 0) is 4.74 Å². The second-order valence-electron chi connectivity index (χ2n) is 4.69. The van der Waals surface area contributed by atoms with E-state index in [1.807, 2.05) is 6.92 Å². The SMILES string of the molecule is CC1COCCC1NC(=O)c1ccc(N)c(O)c1. The number of anilines is 1. The Hall–Kier alpha value is -1.75. The van der Waals surface area contributed by atoms with E-state index in [9.17, 15) is 9.90 Å². The topological polar surface area (TPSA) is 84.6 Å². The Morgan fingerprint density at radius 1 is 1.56 bits per heavy atom. The molecule has 1 aliphatic rings. The fourth-order valence-corrected chi connectivity index (χ4v) is 2.03. The number of carbonyl (C=O) groups excluding carboxylic acids is 1. The van der Waals surface area contributed by atoms with Crippen molar-refractivity contribution in [3.05, 3.63) is 23.8 Å². The van der Waals surface area contributed by atoms with Crippen molar-refractivity contribution in [3.63, 3.8) is 0 Å². The van der Waals surface area contributed by atoms with Crippen molar-refractivity contribution in [1.29, 1.82) is 0 Å². The Balaban J connectivity index is 2.04. The first kappa shape index (κ1) is 12.7. The molecule has 2 atom stereocenters. The zero-order chi connectivity index (χ0) is 13.1. The molecule has 2 unspecified atom stereocenters. The van der Waals surface area contributed by atoms with Crippen LogP contribution in [0.4, 0.5) is 5.69 Å². The monoisotopic (exact) mass is 250 g/mol. The summed E-state index contributed by atoms with van der Waals surface area (Å²) >= 11 is 0. The summed E-state index contributed by atoms with van der Waals surface area (Å²) in [6.45, 7) is 3.38. The third kappa shape index (κ3) is 2.73. The van der Waals surface area contributed by atoms with Gasteiger partial charge < -0.3 is 20.9 Å². The average Bonchev–Trinajstić information content (AvgIpc) is 2.35. The van der Waals surface area contributed by atoms with E-state index in [0.717, 1.165) is 6.42 Å². The van der Waals surface area contributed by atoms with Crippen LogP contribution in [0.1, 0.15) is 23.7 Å². The maximum absolute atomic E-state index is 12.0. The predicted molar refractivity (Wildman–Crippen MR) is 68.4 cm³/mol. The summed E-state index contributed by atoms with van der Waals surface area (Å²) in [6, 6.07) is 4.63. The molecule has 1 aromatic rings. The third-order valence-corrected chi connectivity index (χ3v) is 3.25. The predicted octanol–water partition coefficient (Wildman–Crippen LogP) is 1.13. The van der Waals surface area contributed by atoms with Gasteiger partial charge in [0.05, 0.1) is 12.3 Å². The molecular formula is C13H18N2O3. The molecule has 0 aromatic heterocycles. The molecule has 4 N–H and O–H groups in total. The molecule has 18 heavy (non-hydrogen) atoms. The van der Waals surface area contributed by atoms with Crippen molar-refractivity contribution in [2.24, 2.45) is 5.92 Å². The van der Waals surface area contributed by atoms with E-state index in [4.69, 9.17) is 10.5 Å². The van der Waals surface area contributed by atoms with Gasteiger partial charge in [0, 0.05) is 18.2 Å². The van der Waals surface area contributed by atoms with Crippen LogP contribution in [0, 0.1) is 5.92 Å². The standard InChI is InChI=1S/C13H18N2O3/c1-8-7-18-5-4-11(8)15-13(17)9-2-3-10(14)12(16)6-9/h2-3,6,8,11,16H,4-5,7,14H2,1H3,(H,15,17). The van der Waals surface area contributed by atoms with Crippen LogP contribution in [0.25, 0.3) is 0 Å². The van der Waals surface area contributed by atoms with E-state index in [1.54, 1.807) is 6.07 Å². The molecule has 5 heteroatoms. The lowest BCUT2D eigenvalue weighted by Crippen LogP contribution is -2.44. The van der Waals surface area contributed by atoms with Gasteiger partial charge in [-0.1, -0.05) is 6.92 Å². The molecular weight excluding hydrogens is 232 g/mol. The quantitative estimate of drug-likeness (QED) is 0.542. The smallest absolute Gasteiger partial charge is 0.251 e. The first-order chi connectivity index (χ1) is 8.58. The van der Waals surface area contributed by atoms with Crippen molar-refractivity contribution in [2.45, 2.75) is 19.4 Å². The number of nitrogens with one attached hydrogen (secondary N) is 1. The van der Waals surface area contributed by atoms with E-state index in [-0.39, 0.29) is 23.4 Å². The highest BCUT2D eigenvalue weighted by molar-refractivity contribution is 5.95. The summed E-state index contributed by atoms with van der Waals surface area (Å²) in [5.41, 5.74) is 6.18. The van der Waals surface area contributed by atoms with Gasteiger partial charge >= 0.3 is 0 Å². The largest absolute Gasteiger partial charge is 0.506 e. The number of ether oxygens (including phenoxy) is 1. The summed E-state index contributed by atoms with van der Waals surface area (Å²) in [6.07, 6.45) is 0.813. The Morgan fingerprint density at radius 3 is 3.00 bits per heavy atom. The molecule has 0 saturated carbocycles. The molecule has 1 saturated heterocycles. The summed E-state index contributed by atoms with van der Waals surface area (Å²) in [4.78, 5) is 12.0. The maximum atomic E-state index is 12.0. The second-order valence-corrected chi connectivity index (χ2v) is 4.69. The van der Waals surface area contributed by atoms with E-state index < -0.39 is 0 Å². The highest BCUT2D eigenvalue weighted by Gasteiger charge is 2.23. The molecule has 0 radical (unpaired) electrons. The fraction of sp³-hybridized carbons (Fsp3) is 0.462. The van der Waals surface area contributed by atoms with Crippen LogP contribution in [0.3, 0.4) is 0 Å². The molecule has 1 amide bonds. The van der Waals surface area contributed by atoms with Gasteiger partial charge in [-0.2, -0.15) is 0 Å². The van der Waals surface area contributed by atoms with Gasteiger partial charge in [-0.25, -0.2) is 0 Å². The second kappa shape index (κ2) is 5.27. The van der Waals surface area contributed by atoms with Gasteiger partial charge in [-0.15, -0.1) is 0 Å². The van der Waals surface area contributed by atoms with Crippen LogP contribution >= 0.6 is 0 Å². The highest BCUT2D eigenvalue weighted by atomic mass is 16.5. The zero-order valence-corrected chi connectivity index (χ0v) is 10.3. The molecule has 1 heterocycles. The summed E-state index contributed by atoms with van der Waals surface area (Å²) in [7, 11) is 0. The molecule has 5 nitrogen and oxygen atoms in total. The molecule has 0 aliphatic carbocycles. The zero-order valence-electron chi connectivity index (χ0n) is 10.3. The van der Waals surface area contributed by atoms with Crippen molar-refractivity contribution < 1.29 is 14.6 Å². The molecule has 0 bridgehead atoms. The van der Waals surface area contributed by atoms with Crippen LogP contribution in [-0.4, -0.2) is 30.3 Å². The molecule has 0 spiro atoms. The number of rotatable bonds is 2.